The number of phenols is 3. The topological polar surface area (TPSA) is 109 Å². The maximum atomic E-state index is 12.6. The van der Waals surface area contributed by atoms with Crippen molar-refractivity contribution in [3.8, 4) is 28.7 Å². The predicted molar refractivity (Wildman–Crippen MR) is 78.1 cm³/mol. The van der Waals surface area contributed by atoms with Crippen LogP contribution in [-0.2, 0) is 0 Å². The smallest absolute Gasteiger partial charge is 0.208 e. The van der Waals surface area contributed by atoms with Crippen LogP contribution in [-0.4, -0.2) is 29.5 Å². The predicted octanol–water partition coefficient (Wildman–Crippen LogP) is 2.08. The van der Waals surface area contributed by atoms with Gasteiger partial charge in [0.05, 0.1) is 19.6 Å². The minimum atomic E-state index is -0.537. The number of fused-ring (bicyclic) bond motifs is 2. The van der Waals surface area contributed by atoms with E-state index < -0.39 is 11.2 Å². The minimum absolute atomic E-state index is 0.0108. The van der Waals surface area contributed by atoms with Crippen LogP contribution in [0.4, 0.5) is 0 Å². The van der Waals surface area contributed by atoms with E-state index in [2.05, 4.69) is 0 Å². The molecule has 7 heteroatoms. The molecule has 1 heterocycles. The van der Waals surface area contributed by atoms with E-state index in [9.17, 15) is 20.1 Å². The number of rotatable bonds is 2. The molecule has 0 aliphatic rings. The molecule has 3 rings (SSSR count). The molecule has 2 aromatic carbocycles. The number of hydrogen-bond acceptors (Lipinski definition) is 7. The summed E-state index contributed by atoms with van der Waals surface area (Å²) in [6.45, 7) is 0. The monoisotopic (exact) mass is 304 g/mol. The van der Waals surface area contributed by atoms with E-state index in [1.165, 1.54) is 26.4 Å². The first kappa shape index (κ1) is 13.9. The Kier molecular flexibility index (Phi) is 2.98. The maximum absolute atomic E-state index is 12.6. The molecule has 0 bridgehead atoms. The molecule has 0 aliphatic carbocycles. The van der Waals surface area contributed by atoms with Crippen molar-refractivity contribution in [2.75, 3.05) is 14.2 Å². The van der Waals surface area contributed by atoms with Crippen molar-refractivity contribution >= 4 is 21.9 Å². The summed E-state index contributed by atoms with van der Waals surface area (Å²) < 4.78 is 15.6. The fraction of sp³-hybridized carbons (Fsp3) is 0.133. The molecular weight excluding hydrogens is 292 g/mol. The van der Waals surface area contributed by atoms with Gasteiger partial charge < -0.3 is 29.2 Å². The summed E-state index contributed by atoms with van der Waals surface area (Å²) in [5.41, 5.74) is -0.577. The maximum Gasteiger partial charge on any atom is 0.208 e. The Morgan fingerprint density at radius 1 is 1.05 bits per heavy atom. The van der Waals surface area contributed by atoms with Crippen LogP contribution in [0.1, 0.15) is 0 Å². The van der Waals surface area contributed by atoms with Crippen molar-refractivity contribution in [1.29, 1.82) is 0 Å². The Balaban J connectivity index is 2.60. The summed E-state index contributed by atoms with van der Waals surface area (Å²) in [6.07, 6.45) is 0. The highest BCUT2D eigenvalue weighted by Crippen LogP contribution is 2.43. The van der Waals surface area contributed by atoms with Crippen LogP contribution in [0.15, 0.2) is 27.4 Å². The summed E-state index contributed by atoms with van der Waals surface area (Å²) in [7, 11) is 2.64. The molecule has 0 amide bonds. The molecule has 0 spiro atoms. The van der Waals surface area contributed by atoms with Crippen LogP contribution >= 0.6 is 0 Å². The molecule has 0 unspecified atom stereocenters. The lowest BCUT2D eigenvalue weighted by Gasteiger charge is -2.11. The normalized spacial score (nSPS) is 11.0. The summed E-state index contributed by atoms with van der Waals surface area (Å²) in [4.78, 5) is 12.6. The molecule has 0 atom stereocenters. The minimum Gasteiger partial charge on any atom is -0.508 e. The van der Waals surface area contributed by atoms with E-state index in [4.69, 9.17) is 13.9 Å². The number of hydrogen-bond donors (Lipinski definition) is 3. The van der Waals surface area contributed by atoms with Gasteiger partial charge in [0.25, 0.3) is 0 Å². The molecule has 0 radical (unpaired) electrons. The van der Waals surface area contributed by atoms with E-state index >= 15 is 0 Å². The Morgan fingerprint density at radius 2 is 1.77 bits per heavy atom. The molecule has 3 aromatic rings. The van der Waals surface area contributed by atoms with Crippen molar-refractivity contribution in [1.82, 2.24) is 0 Å². The van der Waals surface area contributed by atoms with Crippen molar-refractivity contribution < 1.29 is 29.2 Å². The molecule has 0 aliphatic heterocycles. The Bertz CT molecular complexity index is 956. The highest BCUT2D eigenvalue weighted by molar-refractivity contribution is 5.97. The first-order valence-electron chi connectivity index (χ1n) is 6.24. The summed E-state index contributed by atoms with van der Waals surface area (Å²) in [5, 5.41) is 29.4. The largest absolute Gasteiger partial charge is 0.508 e. The summed E-state index contributed by atoms with van der Waals surface area (Å²) in [5.74, 6) is -1.02. The fourth-order valence-corrected chi connectivity index (χ4v) is 2.36. The van der Waals surface area contributed by atoms with Gasteiger partial charge in [0.15, 0.2) is 11.3 Å². The van der Waals surface area contributed by atoms with Gasteiger partial charge in [-0.3, -0.25) is 4.79 Å². The SMILES string of the molecule is COc1cc2c(=O)c3c(O)cc(O)cc3oc2c(OC)c1O. The first-order valence-corrected chi connectivity index (χ1v) is 6.24. The van der Waals surface area contributed by atoms with E-state index in [-0.39, 0.29) is 44.9 Å². The van der Waals surface area contributed by atoms with Crippen molar-refractivity contribution in [2.24, 2.45) is 0 Å². The van der Waals surface area contributed by atoms with Crippen molar-refractivity contribution in [3.63, 3.8) is 0 Å². The lowest BCUT2D eigenvalue weighted by Crippen LogP contribution is -2.04. The number of benzene rings is 2. The number of ether oxygens (including phenoxy) is 2. The highest BCUT2D eigenvalue weighted by Gasteiger charge is 2.21. The van der Waals surface area contributed by atoms with E-state index in [1.54, 1.807) is 0 Å². The van der Waals surface area contributed by atoms with Gasteiger partial charge in [-0.15, -0.1) is 0 Å². The molecule has 22 heavy (non-hydrogen) atoms. The number of methoxy groups -OCH3 is 2. The highest BCUT2D eigenvalue weighted by atomic mass is 16.5. The molecule has 0 saturated carbocycles. The van der Waals surface area contributed by atoms with Gasteiger partial charge in [-0.25, -0.2) is 0 Å². The third-order valence-corrected chi connectivity index (χ3v) is 3.35. The summed E-state index contributed by atoms with van der Waals surface area (Å²) >= 11 is 0. The molecule has 3 N–H and O–H groups in total. The Morgan fingerprint density at radius 3 is 2.41 bits per heavy atom. The van der Waals surface area contributed by atoms with Crippen LogP contribution in [0.25, 0.3) is 21.9 Å². The zero-order valence-electron chi connectivity index (χ0n) is 11.7. The van der Waals surface area contributed by atoms with Crippen molar-refractivity contribution in [2.45, 2.75) is 0 Å². The van der Waals surface area contributed by atoms with Crippen molar-refractivity contribution in [3.05, 3.63) is 28.4 Å². The Hall–Kier alpha value is -3.09. The second-order valence-electron chi connectivity index (χ2n) is 4.61. The van der Waals surface area contributed by atoms with E-state index in [0.717, 1.165) is 6.07 Å². The fourth-order valence-electron chi connectivity index (χ4n) is 2.36. The quantitative estimate of drug-likeness (QED) is 0.622. The lowest BCUT2D eigenvalue weighted by molar-refractivity contribution is 0.339. The van der Waals surface area contributed by atoms with Gasteiger partial charge in [-0.1, -0.05) is 0 Å². The molecular formula is C15H12O7. The molecule has 1 aromatic heterocycles. The second-order valence-corrected chi connectivity index (χ2v) is 4.61. The van der Waals surface area contributed by atoms with E-state index in [0.29, 0.717) is 0 Å². The third-order valence-electron chi connectivity index (χ3n) is 3.35. The van der Waals surface area contributed by atoms with Gasteiger partial charge in [0.1, 0.15) is 22.5 Å². The standard InChI is InChI=1S/C15H12O7/c1-20-10-5-7-12(18)11-8(17)3-6(16)4-9(11)22-14(7)15(21-2)13(10)19/h3-5,16-17,19H,1-2H3. The van der Waals surface area contributed by atoms with Crippen LogP contribution in [0, 0.1) is 0 Å². The molecule has 0 fully saturated rings. The van der Waals surface area contributed by atoms with Gasteiger partial charge in [0.2, 0.25) is 16.9 Å². The zero-order chi connectivity index (χ0) is 16.0. The third kappa shape index (κ3) is 1.79. The van der Waals surface area contributed by atoms with Crippen LogP contribution in [0.5, 0.6) is 28.7 Å². The molecule has 7 nitrogen and oxygen atoms in total. The lowest BCUT2D eigenvalue weighted by atomic mass is 10.1. The van der Waals surface area contributed by atoms with Gasteiger partial charge >= 0.3 is 0 Å². The summed E-state index contributed by atoms with van der Waals surface area (Å²) in [6, 6.07) is 3.53. The van der Waals surface area contributed by atoms with Crippen LogP contribution in [0.2, 0.25) is 0 Å². The first-order chi connectivity index (χ1) is 10.5. The second kappa shape index (κ2) is 4.73. The number of phenolic OH excluding ortho intramolecular Hbond substituents is 3. The zero-order valence-corrected chi connectivity index (χ0v) is 11.7. The van der Waals surface area contributed by atoms with E-state index in [1.807, 2.05) is 0 Å². The van der Waals surface area contributed by atoms with Crippen LogP contribution < -0.4 is 14.9 Å². The molecule has 0 saturated heterocycles. The van der Waals surface area contributed by atoms with Gasteiger partial charge in [0, 0.05) is 12.1 Å². The Labute approximate surface area is 123 Å². The van der Waals surface area contributed by atoms with Crippen LogP contribution in [0.3, 0.4) is 0 Å². The van der Waals surface area contributed by atoms with Gasteiger partial charge in [-0.05, 0) is 6.07 Å². The van der Waals surface area contributed by atoms with Gasteiger partial charge in [-0.2, -0.15) is 0 Å². The average Bonchev–Trinajstić information content (AvgIpc) is 2.46. The number of aromatic hydroxyl groups is 3. The average molecular weight is 304 g/mol. The molecule has 114 valence electrons.